The minimum Gasteiger partial charge on any atom is -0.403 e. The average molecular weight is 199 g/mol. The Morgan fingerprint density at radius 1 is 1.14 bits per heavy atom. The second-order valence-corrected chi connectivity index (χ2v) is 5.04. The van der Waals surface area contributed by atoms with Gasteiger partial charge in [-0.15, -0.1) is 0 Å². The van der Waals surface area contributed by atoms with Crippen molar-refractivity contribution in [3.8, 4) is 0 Å². The Balaban J connectivity index is 2.05. The highest BCUT2D eigenvalue weighted by Crippen LogP contribution is 2.40. The van der Waals surface area contributed by atoms with Crippen molar-refractivity contribution in [2.24, 2.45) is 0 Å². The average Bonchev–Trinajstić information content (AvgIpc) is 2.58. The van der Waals surface area contributed by atoms with Crippen molar-refractivity contribution in [1.29, 1.82) is 0 Å². The number of hydrogen-bond acceptors (Lipinski definition) is 4. The molecule has 0 saturated carbocycles. The lowest BCUT2D eigenvalue weighted by Gasteiger charge is -2.32. The summed E-state index contributed by atoms with van der Waals surface area (Å²) in [5.41, 5.74) is 2.37. The van der Waals surface area contributed by atoms with Gasteiger partial charge in [-0.05, 0) is 27.7 Å². The van der Waals surface area contributed by atoms with Crippen LogP contribution in [0.4, 0.5) is 0 Å². The summed E-state index contributed by atoms with van der Waals surface area (Å²) in [4.78, 5) is 5.10. The van der Waals surface area contributed by atoms with Gasteiger partial charge >= 0.3 is 7.12 Å². The van der Waals surface area contributed by atoms with Gasteiger partial charge in [0.1, 0.15) is 0 Å². The van der Waals surface area contributed by atoms with Gasteiger partial charge in [-0.1, -0.05) is 0 Å². The lowest BCUT2D eigenvalue weighted by Crippen LogP contribution is -2.41. The molecule has 5 heteroatoms. The third-order valence-electron chi connectivity index (χ3n) is 3.40. The van der Waals surface area contributed by atoms with E-state index in [0.29, 0.717) is 12.4 Å². The Labute approximate surface area is 85.4 Å². The van der Waals surface area contributed by atoms with Gasteiger partial charge in [0.15, 0.2) is 0 Å². The van der Waals surface area contributed by atoms with Crippen molar-refractivity contribution in [2.45, 2.75) is 44.7 Å². The highest BCUT2D eigenvalue weighted by Gasteiger charge is 2.54. The normalized spacial score (nSPS) is 35.1. The first-order chi connectivity index (χ1) is 6.42. The Hall–Kier alpha value is -0.0951. The molecule has 1 unspecified atom stereocenters. The molecule has 0 aromatic heterocycles. The van der Waals surface area contributed by atoms with E-state index in [1.165, 1.54) is 0 Å². The van der Waals surface area contributed by atoms with Crippen LogP contribution in [0.25, 0.3) is 0 Å². The lowest BCUT2D eigenvalue weighted by molar-refractivity contribution is 0.00578. The zero-order valence-electron chi connectivity index (χ0n) is 9.29. The highest BCUT2D eigenvalue weighted by molar-refractivity contribution is 6.47. The molecular weight excluding hydrogens is 181 g/mol. The molecule has 2 saturated heterocycles. The van der Waals surface area contributed by atoms with Crippen LogP contribution in [0.3, 0.4) is 0 Å². The second-order valence-electron chi connectivity index (χ2n) is 5.04. The molecule has 1 atom stereocenters. The van der Waals surface area contributed by atoms with Gasteiger partial charge in [0.05, 0.1) is 17.8 Å². The molecule has 2 aliphatic rings. The summed E-state index contributed by atoms with van der Waals surface area (Å²) in [7, 11) is -0.144. The van der Waals surface area contributed by atoms with E-state index in [4.69, 9.17) is 14.1 Å². The Bertz CT molecular complexity index is 210. The van der Waals surface area contributed by atoms with E-state index in [-0.39, 0.29) is 18.3 Å². The van der Waals surface area contributed by atoms with Crippen molar-refractivity contribution in [3.05, 3.63) is 0 Å². The molecule has 80 valence electrons. The number of rotatable bonds is 1. The maximum absolute atomic E-state index is 5.91. The van der Waals surface area contributed by atoms with Crippen LogP contribution < -0.4 is 5.48 Å². The van der Waals surface area contributed by atoms with Gasteiger partial charge in [0.2, 0.25) is 0 Å². The molecule has 0 aromatic rings. The summed E-state index contributed by atoms with van der Waals surface area (Å²) >= 11 is 0. The van der Waals surface area contributed by atoms with Crippen LogP contribution in [0, 0.1) is 0 Å². The van der Waals surface area contributed by atoms with E-state index < -0.39 is 0 Å². The Morgan fingerprint density at radius 3 is 2.14 bits per heavy atom. The monoisotopic (exact) mass is 199 g/mol. The van der Waals surface area contributed by atoms with Crippen molar-refractivity contribution >= 4 is 7.12 Å². The first-order valence-electron chi connectivity index (χ1n) is 5.13. The van der Waals surface area contributed by atoms with Crippen LogP contribution in [0.5, 0.6) is 0 Å². The summed E-state index contributed by atoms with van der Waals surface area (Å²) in [5, 5.41) is 0. The topological polar surface area (TPSA) is 39.7 Å². The van der Waals surface area contributed by atoms with Crippen molar-refractivity contribution < 1.29 is 14.1 Å². The lowest BCUT2D eigenvalue weighted by atomic mass is 9.73. The molecule has 0 aromatic carbocycles. The van der Waals surface area contributed by atoms with E-state index in [0.717, 1.165) is 6.54 Å². The maximum Gasteiger partial charge on any atom is 0.465 e. The minimum atomic E-state index is -0.236. The first kappa shape index (κ1) is 10.4. The predicted octanol–water partition coefficient (Wildman–Crippen LogP) is 0.984. The molecular formula is C9H18BNO3. The van der Waals surface area contributed by atoms with Crippen molar-refractivity contribution in [1.82, 2.24) is 5.48 Å². The molecule has 0 aliphatic carbocycles. The fourth-order valence-electron chi connectivity index (χ4n) is 1.65. The van der Waals surface area contributed by atoms with Crippen LogP contribution in [-0.2, 0) is 14.1 Å². The summed E-state index contributed by atoms with van der Waals surface area (Å²) in [5.74, 6) is 0.302. The van der Waals surface area contributed by atoms with E-state index in [1.807, 2.05) is 0 Å². The zero-order valence-corrected chi connectivity index (χ0v) is 9.29. The fourth-order valence-corrected chi connectivity index (χ4v) is 1.65. The standard InChI is InChI=1S/C9H18BNO3/c1-8(2)9(3,4)14-10(13-8)7-5-11-12-6-7/h7,11H,5-6H2,1-4H3. The SMILES string of the molecule is CC1(C)OB(C2CNOC2)OC1(C)C. The summed E-state index contributed by atoms with van der Waals surface area (Å²) in [6.07, 6.45) is 0. The van der Waals surface area contributed by atoms with Crippen LogP contribution in [0.2, 0.25) is 5.82 Å². The second kappa shape index (κ2) is 3.20. The van der Waals surface area contributed by atoms with Crippen LogP contribution >= 0.6 is 0 Å². The van der Waals surface area contributed by atoms with Gasteiger partial charge in [0, 0.05) is 12.4 Å². The van der Waals surface area contributed by atoms with Gasteiger partial charge in [-0.3, -0.25) is 0 Å². The third-order valence-corrected chi connectivity index (χ3v) is 3.40. The molecule has 2 aliphatic heterocycles. The van der Waals surface area contributed by atoms with Crippen LogP contribution in [0.15, 0.2) is 0 Å². The van der Waals surface area contributed by atoms with Crippen LogP contribution in [0.1, 0.15) is 27.7 Å². The van der Waals surface area contributed by atoms with E-state index in [2.05, 4.69) is 33.2 Å². The molecule has 2 fully saturated rings. The number of hydrogen-bond donors (Lipinski definition) is 1. The van der Waals surface area contributed by atoms with E-state index in [1.54, 1.807) is 0 Å². The van der Waals surface area contributed by atoms with Gasteiger partial charge < -0.3 is 14.1 Å². The minimum absolute atomic E-state index is 0.144. The largest absolute Gasteiger partial charge is 0.465 e. The fraction of sp³-hybridized carbons (Fsp3) is 1.00. The molecule has 2 heterocycles. The first-order valence-corrected chi connectivity index (χ1v) is 5.13. The molecule has 0 amide bonds. The Morgan fingerprint density at radius 2 is 1.71 bits per heavy atom. The smallest absolute Gasteiger partial charge is 0.403 e. The summed E-state index contributed by atoms with van der Waals surface area (Å²) in [6.45, 7) is 9.73. The number of hydroxylamine groups is 1. The molecule has 4 nitrogen and oxygen atoms in total. The zero-order chi connectivity index (χ0) is 10.4. The van der Waals surface area contributed by atoms with Gasteiger partial charge in [-0.25, -0.2) is 5.48 Å². The van der Waals surface area contributed by atoms with Crippen molar-refractivity contribution in [2.75, 3.05) is 13.2 Å². The van der Waals surface area contributed by atoms with Crippen LogP contribution in [-0.4, -0.2) is 31.5 Å². The van der Waals surface area contributed by atoms with Gasteiger partial charge in [0.25, 0.3) is 0 Å². The summed E-state index contributed by atoms with van der Waals surface area (Å²) in [6, 6.07) is 0. The molecule has 0 radical (unpaired) electrons. The third kappa shape index (κ3) is 1.58. The molecule has 0 spiro atoms. The quantitative estimate of drug-likeness (QED) is 0.639. The van der Waals surface area contributed by atoms with E-state index >= 15 is 0 Å². The number of nitrogens with one attached hydrogen (secondary N) is 1. The van der Waals surface area contributed by atoms with E-state index in [9.17, 15) is 0 Å². The Kier molecular flexibility index (Phi) is 2.38. The molecule has 14 heavy (non-hydrogen) atoms. The molecule has 0 bridgehead atoms. The van der Waals surface area contributed by atoms with Gasteiger partial charge in [-0.2, -0.15) is 0 Å². The van der Waals surface area contributed by atoms with Crippen molar-refractivity contribution in [3.63, 3.8) is 0 Å². The highest BCUT2D eigenvalue weighted by atomic mass is 16.7. The molecule has 2 rings (SSSR count). The summed E-state index contributed by atoms with van der Waals surface area (Å²) < 4.78 is 11.8. The molecule has 1 N–H and O–H groups in total. The maximum atomic E-state index is 5.91. The predicted molar refractivity (Wildman–Crippen MR) is 53.8 cm³/mol.